The normalized spacial score (nSPS) is 19.1. The number of rotatable bonds is 2. The largest absolute Gasteiger partial charge is 0.355 e. The molecule has 1 unspecified atom stereocenters. The Morgan fingerprint density at radius 3 is 2.31 bits per heavy atom. The number of halogens is 1. The van der Waals surface area contributed by atoms with Crippen molar-refractivity contribution >= 4 is 53.0 Å². The first kappa shape index (κ1) is 10.8. The second-order valence-corrected chi connectivity index (χ2v) is 5.08. The number of hydrogen-bond donors (Lipinski definition) is 1. The number of nitrogens with zero attached hydrogens (tertiary/aromatic N) is 1. The first-order chi connectivity index (χ1) is 6.02. The van der Waals surface area contributed by atoms with Crippen LogP contribution in [0.25, 0.3) is 0 Å². The molecule has 1 atom stereocenters. The van der Waals surface area contributed by atoms with Gasteiger partial charge in [-0.05, 0) is 0 Å². The lowest BCUT2D eigenvalue weighted by Gasteiger charge is -2.12. The third-order valence-electron chi connectivity index (χ3n) is 1.38. The van der Waals surface area contributed by atoms with Gasteiger partial charge in [-0.2, -0.15) is 12.6 Å². The maximum Gasteiger partial charge on any atom is 0.355 e. The number of imide groups is 1. The molecule has 5 nitrogen and oxygen atoms in total. The highest BCUT2D eigenvalue weighted by atomic mass is 127. The summed E-state index contributed by atoms with van der Waals surface area (Å²) in [6.45, 7) is 0. The van der Waals surface area contributed by atoms with Gasteiger partial charge in [0.2, 0.25) is 0 Å². The summed E-state index contributed by atoms with van der Waals surface area (Å²) in [6.07, 6.45) is 0.204. The number of carbonyl (C=O) groups is 3. The van der Waals surface area contributed by atoms with Crippen molar-refractivity contribution in [2.45, 2.75) is 16.1 Å². The molecule has 0 aliphatic carbocycles. The summed E-state index contributed by atoms with van der Waals surface area (Å²) in [5, 5.41) is 0.504. The van der Waals surface area contributed by atoms with Crippen LogP contribution in [0.4, 0.5) is 0 Å². The summed E-state index contributed by atoms with van der Waals surface area (Å²) in [7, 11) is 0. The van der Waals surface area contributed by atoms with Gasteiger partial charge in [-0.3, -0.25) is 9.59 Å². The molecule has 0 saturated carbocycles. The fourth-order valence-electron chi connectivity index (χ4n) is 0.791. The van der Waals surface area contributed by atoms with Gasteiger partial charge in [0, 0.05) is 12.8 Å². The van der Waals surface area contributed by atoms with Gasteiger partial charge in [0.05, 0.1) is 0 Å². The molecule has 0 bridgehead atoms. The van der Waals surface area contributed by atoms with E-state index in [1.54, 1.807) is 22.6 Å². The summed E-state index contributed by atoms with van der Waals surface area (Å²) in [6, 6.07) is 0. The average Bonchev–Trinajstić information content (AvgIpc) is 2.35. The Hall–Kier alpha value is -0.310. The van der Waals surface area contributed by atoms with Crippen LogP contribution in [-0.4, -0.2) is 26.1 Å². The summed E-state index contributed by atoms with van der Waals surface area (Å²) >= 11 is 5.50. The van der Waals surface area contributed by atoms with Crippen molar-refractivity contribution < 1.29 is 19.2 Å². The molecule has 0 aromatic carbocycles. The highest BCUT2D eigenvalue weighted by Crippen LogP contribution is 2.15. The van der Waals surface area contributed by atoms with Crippen molar-refractivity contribution in [2.24, 2.45) is 0 Å². The van der Waals surface area contributed by atoms with Crippen LogP contribution < -0.4 is 0 Å². The molecule has 72 valence electrons. The first-order valence-electron chi connectivity index (χ1n) is 3.42. The number of thiol groups is 1. The second-order valence-electron chi connectivity index (χ2n) is 2.33. The number of hydroxylamine groups is 2. The Morgan fingerprint density at radius 1 is 1.46 bits per heavy atom. The van der Waals surface area contributed by atoms with E-state index in [1.807, 2.05) is 0 Å². The van der Waals surface area contributed by atoms with Crippen LogP contribution in [-0.2, 0) is 19.2 Å². The van der Waals surface area contributed by atoms with Crippen LogP contribution in [0.15, 0.2) is 0 Å². The molecule has 0 aromatic heterocycles. The van der Waals surface area contributed by atoms with Gasteiger partial charge in [0.15, 0.2) is 3.26 Å². The Labute approximate surface area is 93.3 Å². The predicted octanol–water partition coefficient (Wildman–Crippen LogP) is 0.285. The minimum Gasteiger partial charge on any atom is -0.328 e. The average molecular weight is 315 g/mol. The molecule has 13 heavy (non-hydrogen) atoms. The molecule has 2 amide bonds. The third-order valence-corrected chi connectivity index (χ3v) is 2.10. The van der Waals surface area contributed by atoms with E-state index in [0.29, 0.717) is 5.06 Å². The van der Waals surface area contributed by atoms with Gasteiger partial charge in [0.25, 0.3) is 11.8 Å². The Kier molecular flexibility index (Phi) is 3.54. The van der Waals surface area contributed by atoms with E-state index in [9.17, 15) is 14.4 Å². The smallest absolute Gasteiger partial charge is 0.328 e. The highest BCUT2D eigenvalue weighted by molar-refractivity contribution is 14.1. The number of hydrogen-bond acceptors (Lipinski definition) is 5. The zero-order chi connectivity index (χ0) is 10.0. The maximum atomic E-state index is 10.9. The molecule has 7 heteroatoms. The minimum atomic E-state index is -0.715. The quantitative estimate of drug-likeness (QED) is 0.344. The van der Waals surface area contributed by atoms with Crippen LogP contribution in [0.3, 0.4) is 0 Å². The molecule has 1 rings (SSSR count). The molecule has 1 fully saturated rings. The van der Waals surface area contributed by atoms with Crippen molar-refractivity contribution in [2.75, 3.05) is 0 Å². The Balaban J connectivity index is 2.58. The molecule has 1 aliphatic heterocycles. The zero-order valence-electron chi connectivity index (χ0n) is 6.40. The van der Waals surface area contributed by atoms with Crippen LogP contribution in [0.1, 0.15) is 12.8 Å². The summed E-state index contributed by atoms with van der Waals surface area (Å²) < 4.78 is -0.682. The number of carbonyl (C=O) groups excluding carboxylic acids is 3. The van der Waals surface area contributed by atoms with Crippen molar-refractivity contribution in [1.82, 2.24) is 5.06 Å². The van der Waals surface area contributed by atoms with E-state index in [4.69, 9.17) is 0 Å². The van der Waals surface area contributed by atoms with Gasteiger partial charge in [0.1, 0.15) is 0 Å². The lowest BCUT2D eigenvalue weighted by Crippen LogP contribution is -2.33. The van der Waals surface area contributed by atoms with Gasteiger partial charge in [-0.25, -0.2) is 4.79 Å². The molecule has 1 aliphatic rings. The molecule has 0 spiro atoms. The number of amides is 2. The van der Waals surface area contributed by atoms with Crippen molar-refractivity contribution in [1.29, 1.82) is 0 Å². The van der Waals surface area contributed by atoms with Crippen LogP contribution in [0, 0.1) is 0 Å². The van der Waals surface area contributed by atoms with Crippen LogP contribution in [0.2, 0.25) is 0 Å². The topological polar surface area (TPSA) is 63.7 Å². The summed E-state index contributed by atoms with van der Waals surface area (Å²) in [5.41, 5.74) is 0. The minimum absolute atomic E-state index is 0.102. The standard InChI is InChI=1S/C6H6INO4S/c7-5(13)6(11)12-8-3(9)1-2-4(8)10/h5,13H,1-2H2. The van der Waals surface area contributed by atoms with Crippen LogP contribution >= 0.6 is 35.2 Å². The molecule has 0 radical (unpaired) electrons. The molecule has 0 aromatic rings. The van der Waals surface area contributed by atoms with Gasteiger partial charge < -0.3 is 4.84 Å². The Bertz CT molecular complexity index is 251. The van der Waals surface area contributed by atoms with Crippen molar-refractivity contribution in [3.63, 3.8) is 0 Å². The molecule has 1 saturated heterocycles. The molecular formula is C6H6INO4S. The summed E-state index contributed by atoms with van der Waals surface area (Å²) in [5.74, 6) is -1.68. The van der Waals surface area contributed by atoms with E-state index < -0.39 is 21.0 Å². The fourth-order valence-corrected chi connectivity index (χ4v) is 0.952. The van der Waals surface area contributed by atoms with Crippen molar-refractivity contribution in [3.8, 4) is 0 Å². The predicted molar refractivity (Wildman–Crippen MR) is 54.0 cm³/mol. The van der Waals surface area contributed by atoms with E-state index >= 15 is 0 Å². The first-order valence-corrected chi connectivity index (χ1v) is 5.18. The SMILES string of the molecule is O=C(ON1C(=O)CCC1=O)C(S)I. The number of alkyl halides is 1. The fraction of sp³-hybridized carbons (Fsp3) is 0.500. The van der Waals surface area contributed by atoms with E-state index in [1.165, 1.54) is 0 Å². The third kappa shape index (κ3) is 2.56. The van der Waals surface area contributed by atoms with Gasteiger partial charge >= 0.3 is 5.97 Å². The molecular weight excluding hydrogens is 309 g/mol. The highest BCUT2D eigenvalue weighted by Gasteiger charge is 2.33. The monoisotopic (exact) mass is 315 g/mol. The van der Waals surface area contributed by atoms with Gasteiger partial charge in [-0.15, -0.1) is 5.06 Å². The Morgan fingerprint density at radius 2 is 1.92 bits per heavy atom. The molecule has 1 heterocycles. The van der Waals surface area contributed by atoms with Crippen molar-refractivity contribution in [3.05, 3.63) is 0 Å². The lowest BCUT2D eigenvalue weighted by molar-refractivity contribution is -0.195. The maximum absolute atomic E-state index is 10.9. The van der Waals surface area contributed by atoms with Crippen LogP contribution in [0.5, 0.6) is 0 Å². The zero-order valence-corrected chi connectivity index (χ0v) is 9.45. The van der Waals surface area contributed by atoms with E-state index in [-0.39, 0.29) is 12.8 Å². The second kappa shape index (κ2) is 4.27. The molecule has 0 N–H and O–H groups in total. The summed E-state index contributed by atoms with van der Waals surface area (Å²) in [4.78, 5) is 37.3. The lowest BCUT2D eigenvalue weighted by atomic mass is 10.4. The van der Waals surface area contributed by atoms with E-state index in [0.717, 1.165) is 0 Å². The van der Waals surface area contributed by atoms with E-state index in [2.05, 4.69) is 17.5 Å². The van der Waals surface area contributed by atoms with Gasteiger partial charge in [-0.1, -0.05) is 22.6 Å².